The number of hydrogen-bond acceptors (Lipinski definition) is 3. The van der Waals surface area contributed by atoms with Gasteiger partial charge in [-0.25, -0.2) is 4.79 Å². The normalized spacial score (nSPS) is 12.9. The molecule has 1 aromatic heterocycles. The molecule has 0 spiro atoms. The van der Waals surface area contributed by atoms with E-state index >= 15 is 0 Å². The number of ketones is 1. The molecule has 0 saturated heterocycles. The van der Waals surface area contributed by atoms with Crippen LogP contribution in [0.15, 0.2) is 48.7 Å². The molecule has 5 nitrogen and oxygen atoms in total. The van der Waals surface area contributed by atoms with Gasteiger partial charge >= 0.3 is 18.4 Å². The number of alkyl carbamates (subject to hydrolysis) is 1. The summed E-state index contributed by atoms with van der Waals surface area (Å²) in [6.45, 7) is 2.05. The lowest BCUT2D eigenvalue weighted by Crippen LogP contribution is -2.43. The van der Waals surface area contributed by atoms with Crippen LogP contribution in [0, 0.1) is 0 Å². The number of Topliss-reactive ketones (excluding diaryl/α,β-unsaturated/α-hetero) is 1. The van der Waals surface area contributed by atoms with Gasteiger partial charge in [-0.15, -0.1) is 0 Å². The maximum Gasteiger partial charge on any atom is 0.416 e. The lowest BCUT2D eigenvalue weighted by Gasteiger charge is -2.18. The molecular formula is C26H26F6N2O3. The number of unbranched alkanes of at least 4 members (excludes halogenated alkanes) is 1. The summed E-state index contributed by atoms with van der Waals surface area (Å²) in [4.78, 5) is 28.4. The first-order valence-corrected chi connectivity index (χ1v) is 11.7. The lowest BCUT2D eigenvalue weighted by molar-refractivity contribution is -0.143. The van der Waals surface area contributed by atoms with E-state index in [1.54, 1.807) is 12.3 Å². The number of hydrogen-bond donors (Lipinski definition) is 2. The predicted molar refractivity (Wildman–Crippen MR) is 125 cm³/mol. The summed E-state index contributed by atoms with van der Waals surface area (Å²) in [6, 6.07) is 7.42. The fraction of sp³-hybridized carbons (Fsp3) is 0.385. The van der Waals surface area contributed by atoms with Crippen LogP contribution in [0.3, 0.4) is 0 Å². The Morgan fingerprint density at radius 1 is 1.00 bits per heavy atom. The number of halogens is 6. The Kier molecular flexibility index (Phi) is 8.88. The maximum absolute atomic E-state index is 13.2. The van der Waals surface area contributed by atoms with E-state index in [1.165, 1.54) is 0 Å². The Balaban J connectivity index is 1.81. The van der Waals surface area contributed by atoms with Crippen molar-refractivity contribution in [1.29, 1.82) is 0 Å². The highest BCUT2D eigenvalue weighted by Crippen LogP contribution is 2.36. The Labute approximate surface area is 209 Å². The highest BCUT2D eigenvalue weighted by molar-refractivity contribution is 5.89. The maximum atomic E-state index is 13.2. The van der Waals surface area contributed by atoms with Gasteiger partial charge < -0.3 is 15.0 Å². The first-order chi connectivity index (χ1) is 17.4. The molecule has 11 heteroatoms. The molecule has 0 fully saturated rings. The van der Waals surface area contributed by atoms with Gasteiger partial charge in [0.1, 0.15) is 0 Å². The molecule has 37 heavy (non-hydrogen) atoms. The zero-order chi connectivity index (χ0) is 27.2. The van der Waals surface area contributed by atoms with E-state index in [0.717, 1.165) is 17.3 Å². The van der Waals surface area contributed by atoms with Crippen molar-refractivity contribution in [3.63, 3.8) is 0 Å². The number of amides is 1. The second kappa shape index (κ2) is 11.7. The van der Waals surface area contributed by atoms with Crippen LogP contribution in [0.25, 0.3) is 10.9 Å². The number of alkyl halides is 6. The minimum atomic E-state index is -4.98. The number of aromatic nitrogens is 1. The van der Waals surface area contributed by atoms with Crippen LogP contribution >= 0.6 is 0 Å². The van der Waals surface area contributed by atoms with E-state index in [-0.39, 0.29) is 37.5 Å². The highest BCUT2D eigenvalue weighted by atomic mass is 19.4. The summed E-state index contributed by atoms with van der Waals surface area (Å²) in [5, 5.41) is 3.32. The van der Waals surface area contributed by atoms with Crippen molar-refractivity contribution in [3.05, 3.63) is 70.9 Å². The highest BCUT2D eigenvalue weighted by Gasteiger charge is 2.37. The third-order valence-electron chi connectivity index (χ3n) is 5.82. The second-order valence-electron chi connectivity index (χ2n) is 8.63. The molecule has 0 aliphatic rings. The Morgan fingerprint density at radius 3 is 2.27 bits per heavy atom. The van der Waals surface area contributed by atoms with Gasteiger partial charge in [0.25, 0.3) is 0 Å². The molecule has 0 bridgehead atoms. The monoisotopic (exact) mass is 528 g/mol. The first-order valence-electron chi connectivity index (χ1n) is 11.7. The molecule has 0 radical (unpaired) electrons. The second-order valence-corrected chi connectivity index (χ2v) is 8.63. The molecule has 0 aliphatic carbocycles. The van der Waals surface area contributed by atoms with Crippen LogP contribution < -0.4 is 5.32 Å². The molecule has 3 rings (SSSR count). The van der Waals surface area contributed by atoms with Gasteiger partial charge in [-0.2, -0.15) is 26.3 Å². The van der Waals surface area contributed by atoms with E-state index in [4.69, 9.17) is 4.74 Å². The molecule has 2 N–H and O–H groups in total. The third-order valence-corrected chi connectivity index (χ3v) is 5.82. The standard InChI is InChI=1S/C26H26F6N2O3/c1-2-3-10-37-24(36)34-22(13-17-15-33-21-7-5-4-6-20(17)21)23(35)9-8-16-11-18(25(27,28)29)14-19(12-16)26(30,31)32/h4-7,11-12,14-15,22,33H,2-3,8-10,13H2,1H3,(H,34,36). The van der Waals surface area contributed by atoms with Crippen molar-refractivity contribution in [3.8, 4) is 0 Å². The number of carbonyl (C=O) groups is 2. The number of para-hydroxylation sites is 1. The number of fused-ring (bicyclic) bond motifs is 1. The van der Waals surface area contributed by atoms with Gasteiger partial charge in [0.2, 0.25) is 0 Å². The third kappa shape index (κ3) is 7.74. The number of aryl methyl sites for hydroxylation is 1. The molecule has 1 atom stereocenters. The van der Waals surface area contributed by atoms with Crippen LogP contribution in [0.1, 0.15) is 48.4 Å². The number of aromatic amines is 1. The smallest absolute Gasteiger partial charge is 0.416 e. The summed E-state index contributed by atoms with van der Waals surface area (Å²) >= 11 is 0. The first kappa shape index (κ1) is 28.1. The largest absolute Gasteiger partial charge is 0.450 e. The van der Waals surface area contributed by atoms with Gasteiger partial charge in [-0.3, -0.25) is 4.79 Å². The molecule has 1 amide bonds. The molecular weight excluding hydrogens is 502 g/mol. The number of H-pyrrole nitrogens is 1. The van der Waals surface area contributed by atoms with E-state index in [9.17, 15) is 35.9 Å². The number of benzene rings is 2. The van der Waals surface area contributed by atoms with Crippen molar-refractivity contribution in [2.75, 3.05) is 6.61 Å². The van der Waals surface area contributed by atoms with Gasteiger partial charge in [0.15, 0.2) is 5.78 Å². The average Bonchev–Trinajstić information content (AvgIpc) is 3.24. The van der Waals surface area contributed by atoms with E-state index in [1.807, 2.05) is 25.1 Å². The summed E-state index contributed by atoms with van der Waals surface area (Å²) in [6.07, 6.45) is -8.43. The lowest BCUT2D eigenvalue weighted by atomic mass is 9.96. The van der Waals surface area contributed by atoms with Crippen molar-refractivity contribution in [1.82, 2.24) is 10.3 Å². The molecule has 200 valence electrons. The van der Waals surface area contributed by atoms with Crippen molar-refractivity contribution in [2.45, 2.75) is 57.4 Å². The van der Waals surface area contributed by atoms with Crippen molar-refractivity contribution >= 4 is 22.8 Å². The van der Waals surface area contributed by atoms with E-state index in [0.29, 0.717) is 24.1 Å². The quantitative estimate of drug-likeness (QED) is 0.224. The number of carbonyl (C=O) groups excluding carboxylic acids is 2. The van der Waals surface area contributed by atoms with Crippen LogP contribution in [0.4, 0.5) is 31.1 Å². The van der Waals surface area contributed by atoms with Crippen LogP contribution in [-0.2, 0) is 34.7 Å². The SMILES string of the molecule is CCCCOC(=O)NC(Cc1c[nH]c2ccccc12)C(=O)CCc1cc(C(F)(F)F)cc(C(F)(F)F)c1. The van der Waals surface area contributed by atoms with Crippen molar-refractivity contribution in [2.24, 2.45) is 0 Å². The van der Waals surface area contributed by atoms with Gasteiger partial charge in [-0.1, -0.05) is 31.5 Å². The van der Waals surface area contributed by atoms with Gasteiger partial charge in [0.05, 0.1) is 23.8 Å². The van der Waals surface area contributed by atoms with Gasteiger partial charge in [0, 0.05) is 29.9 Å². The summed E-state index contributed by atoms with van der Waals surface area (Å²) in [5.41, 5.74) is -1.67. The zero-order valence-electron chi connectivity index (χ0n) is 19.9. The van der Waals surface area contributed by atoms with E-state index in [2.05, 4.69) is 10.3 Å². The molecule has 3 aromatic rings. The summed E-state index contributed by atoms with van der Waals surface area (Å²) in [5.74, 6) is -0.552. The minimum Gasteiger partial charge on any atom is -0.450 e. The van der Waals surface area contributed by atoms with Gasteiger partial charge in [-0.05, 0) is 48.2 Å². The van der Waals surface area contributed by atoms with Crippen molar-refractivity contribution < 1.29 is 40.7 Å². The fourth-order valence-corrected chi connectivity index (χ4v) is 3.86. The number of ether oxygens (including phenoxy) is 1. The Bertz CT molecular complexity index is 1200. The van der Waals surface area contributed by atoms with Crippen LogP contribution in [0.5, 0.6) is 0 Å². The zero-order valence-corrected chi connectivity index (χ0v) is 19.9. The average molecular weight is 528 g/mol. The minimum absolute atomic E-state index is 0.0407. The number of nitrogens with one attached hydrogen (secondary N) is 2. The summed E-state index contributed by atoms with van der Waals surface area (Å²) < 4.78 is 84.1. The van der Waals surface area contributed by atoms with Crippen LogP contribution in [0.2, 0.25) is 0 Å². The molecule has 0 aliphatic heterocycles. The molecule has 1 unspecified atom stereocenters. The fourth-order valence-electron chi connectivity index (χ4n) is 3.86. The summed E-state index contributed by atoms with van der Waals surface area (Å²) in [7, 11) is 0. The topological polar surface area (TPSA) is 71.2 Å². The number of rotatable bonds is 10. The molecule has 1 heterocycles. The Hall–Kier alpha value is -3.50. The molecule has 0 saturated carbocycles. The molecule has 2 aromatic carbocycles. The predicted octanol–water partition coefficient (Wildman–Crippen LogP) is 6.84. The van der Waals surface area contributed by atoms with E-state index < -0.39 is 41.4 Å². The van der Waals surface area contributed by atoms with Crippen LogP contribution in [-0.4, -0.2) is 29.5 Å². The Morgan fingerprint density at radius 2 is 1.65 bits per heavy atom.